The van der Waals surface area contributed by atoms with Crippen LogP contribution in [0.2, 0.25) is 0 Å². The van der Waals surface area contributed by atoms with Crippen LogP contribution in [0, 0.1) is 0 Å². The van der Waals surface area contributed by atoms with Gasteiger partial charge in [-0.2, -0.15) is 4.98 Å². The van der Waals surface area contributed by atoms with Gasteiger partial charge in [0.2, 0.25) is 0 Å². The fourth-order valence-electron chi connectivity index (χ4n) is 1.13. The molecule has 1 aromatic heterocycles. The van der Waals surface area contributed by atoms with Crippen molar-refractivity contribution in [1.82, 2.24) is 10.1 Å². The van der Waals surface area contributed by atoms with Gasteiger partial charge in [-0.1, -0.05) is 12.1 Å². The maximum Gasteiger partial charge on any atom is 0.256 e. The molecule has 2 rings (SSSR count). The number of aliphatic hydroxyl groups excluding tert-OH is 1. The van der Waals surface area contributed by atoms with Gasteiger partial charge in [0.25, 0.3) is 5.89 Å². The number of hydrogen-bond donors (Lipinski definition) is 2. The molecule has 0 saturated heterocycles. The fraction of sp³-hybridized carbons (Fsp3) is 0.750. The van der Waals surface area contributed by atoms with Gasteiger partial charge in [-0.15, -0.1) is 0 Å². The van der Waals surface area contributed by atoms with Crippen molar-refractivity contribution in [1.29, 1.82) is 0 Å². The topological polar surface area (TPSA) is 85.2 Å². The van der Waals surface area contributed by atoms with Crippen molar-refractivity contribution in [2.45, 2.75) is 31.3 Å². The van der Waals surface area contributed by atoms with Gasteiger partial charge in [0.05, 0.1) is 0 Å². The molecule has 1 aromatic rings. The van der Waals surface area contributed by atoms with E-state index in [-0.39, 0.29) is 17.9 Å². The van der Waals surface area contributed by atoms with Gasteiger partial charge in [-0.05, 0) is 12.8 Å². The molecule has 0 bridgehead atoms. The number of aliphatic hydroxyl groups is 1. The second-order valence-corrected chi connectivity index (χ2v) is 3.77. The van der Waals surface area contributed by atoms with E-state index in [4.69, 9.17) is 10.3 Å². The zero-order valence-corrected chi connectivity index (χ0v) is 7.53. The van der Waals surface area contributed by atoms with Crippen LogP contribution in [0.5, 0.6) is 0 Å². The summed E-state index contributed by atoms with van der Waals surface area (Å²) in [6, 6.07) is 0. The first-order chi connectivity index (χ1) is 6.15. The van der Waals surface area contributed by atoms with Gasteiger partial charge < -0.3 is 15.4 Å². The van der Waals surface area contributed by atoms with E-state index in [0.29, 0.717) is 5.82 Å². The quantitative estimate of drug-likeness (QED) is 0.694. The Morgan fingerprint density at radius 3 is 2.92 bits per heavy atom. The first-order valence-electron chi connectivity index (χ1n) is 4.38. The van der Waals surface area contributed by atoms with E-state index >= 15 is 0 Å². The summed E-state index contributed by atoms with van der Waals surface area (Å²) in [7, 11) is 0. The summed E-state index contributed by atoms with van der Waals surface area (Å²) in [5.41, 5.74) is 5.34. The lowest BCUT2D eigenvalue weighted by molar-refractivity contribution is 0.141. The van der Waals surface area contributed by atoms with Crippen molar-refractivity contribution in [3.8, 4) is 0 Å². The molecule has 13 heavy (non-hydrogen) atoms. The zero-order valence-electron chi connectivity index (χ0n) is 7.53. The molecule has 72 valence electrons. The van der Waals surface area contributed by atoms with E-state index < -0.39 is 6.10 Å². The lowest BCUT2D eigenvalue weighted by atomic mass is 10.1. The van der Waals surface area contributed by atoms with E-state index in [1.54, 1.807) is 0 Å². The van der Waals surface area contributed by atoms with Crippen molar-refractivity contribution < 1.29 is 9.63 Å². The van der Waals surface area contributed by atoms with Crippen molar-refractivity contribution in [3.63, 3.8) is 0 Å². The smallest absolute Gasteiger partial charge is 0.256 e. The Labute approximate surface area is 75.9 Å². The van der Waals surface area contributed by atoms with Gasteiger partial charge in [-0.25, -0.2) is 0 Å². The Bertz CT molecular complexity index is 306. The molecule has 0 aromatic carbocycles. The van der Waals surface area contributed by atoms with Crippen LogP contribution in [-0.2, 0) is 5.41 Å². The van der Waals surface area contributed by atoms with Crippen LogP contribution in [0.4, 0.5) is 0 Å². The van der Waals surface area contributed by atoms with Crippen LogP contribution in [-0.4, -0.2) is 21.8 Å². The number of nitrogens with zero attached hydrogens (tertiary/aromatic N) is 2. The third kappa shape index (κ3) is 1.45. The van der Waals surface area contributed by atoms with Crippen molar-refractivity contribution >= 4 is 0 Å². The maximum atomic E-state index is 9.31. The summed E-state index contributed by atoms with van der Waals surface area (Å²) in [5.74, 6) is 0.917. The van der Waals surface area contributed by atoms with Crippen molar-refractivity contribution in [3.05, 3.63) is 11.7 Å². The van der Waals surface area contributed by atoms with Crippen molar-refractivity contribution in [2.75, 3.05) is 6.54 Å². The maximum absolute atomic E-state index is 9.31. The highest BCUT2D eigenvalue weighted by Gasteiger charge is 2.43. The Hall–Kier alpha value is -0.940. The lowest BCUT2D eigenvalue weighted by Gasteiger charge is -1.99. The minimum Gasteiger partial charge on any atom is -0.382 e. The van der Waals surface area contributed by atoms with E-state index in [0.717, 1.165) is 12.8 Å². The first-order valence-corrected chi connectivity index (χ1v) is 4.38. The molecule has 0 amide bonds. The number of aromatic nitrogens is 2. The van der Waals surface area contributed by atoms with Gasteiger partial charge in [0.1, 0.15) is 6.10 Å². The molecule has 1 atom stereocenters. The second-order valence-electron chi connectivity index (χ2n) is 3.77. The molecular formula is C8H13N3O2. The standard InChI is InChI=1S/C8H13N3O2/c1-8(2-3-8)7-10-6(13-11-7)5(12)4-9/h5,12H,2-4,9H2,1H3/t5-/m0/s1. The Morgan fingerprint density at radius 2 is 2.38 bits per heavy atom. The Kier molecular flexibility index (Phi) is 1.85. The van der Waals surface area contributed by atoms with Gasteiger partial charge in [0.15, 0.2) is 5.82 Å². The Balaban J connectivity index is 2.18. The van der Waals surface area contributed by atoms with E-state index in [1.165, 1.54) is 0 Å². The van der Waals surface area contributed by atoms with Crippen LogP contribution in [0.25, 0.3) is 0 Å². The van der Waals surface area contributed by atoms with E-state index in [2.05, 4.69) is 17.1 Å². The summed E-state index contributed by atoms with van der Waals surface area (Å²) < 4.78 is 4.89. The average Bonchev–Trinajstić information content (AvgIpc) is 2.72. The zero-order chi connectivity index (χ0) is 9.47. The third-order valence-corrected chi connectivity index (χ3v) is 2.49. The molecule has 0 spiro atoms. The average molecular weight is 183 g/mol. The Morgan fingerprint density at radius 1 is 1.69 bits per heavy atom. The number of rotatable bonds is 3. The third-order valence-electron chi connectivity index (χ3n) is 2.49. The summed E-state index contributed by atoms with van der Waals surface area (Å²) in [4.78, 5) is 4.11. The van der Waals surface area contributed by atoms with Crippen LogP contribution >= 0.6 is 0 Å². The van der Waals surface area contributed by atoms with Crippen LogP contribution in [0.15, 0.2) is 4.52 Å². The highest BCUT2D eigenvalue weighted by atomic mass is 16.5. The normalized spacial score (nSPS) is 21.5. The predicted molar refractivity (Wildman–Crippen MR) is 44.9 cm³/mol. The summed E-state index contributed by atoms with van der Waals surface area (Å²) in [5, 5.41) is 13.1. The fourth-order valence-corrected chi connectivity index (χ4v) is 1.13. The van der Waals surface area contributed by atoms with Gasteiger partial charge in [0, 0.05) is 12.0 Å². The monoisotopic (exact) mass is 183 g/mol. The highest BCUT2D eigenvalue weighted by molar-refractivity contribution is 5.14. The highest BCUT2D eigenvalue weighted by Crippen LogP contribution is 2.46. The molecule has 0 radical (unpaired) electrons. The summed E-state index contributed by atoms with van der Waals surface area (Å²) in [6.07, 6.45) is 1.35. The molecule has 1 fully saturated rings. The summed E-state index contributed by atoms with van der Waals surface area (Å²) >= 11 is 0. The summed E-state index contributed by atoms with van der Waals surface area (Å²) in [6.45, 7) is 2.19. The minimum atomic E-state index is -0.830. The molecule has 1 saturated carbocycles. The van der Waals surface area contributed by atoms with E-state index in [1.807, 2.05) is 0 Å². The number of nitrogens with two attached hydrogens (primary N) is 1. The molecule has 1 aliphatic carbocycles. The molecule has 5 heteroatoms. The second kappa shape index (κ2) is 2.78. The van der Waals surface area contributed by atoms with Gasteiger partial charge in [-0.3, -0.25) is 0 Å². The molecule has 0 unspecified atom stereocenters. The molecule has 5 nitrogen and oxygen atoms in total. The van der Waals surface area contributed by atoms with Gasteiger partial charge >= 0.3 is 0 Å². The molecule has 1 heterocycles. The SMILES string of the molecule is CC1(c2noc([C@@H](O)CN)n2)CC1. The predicted octanol–water partition coefficient (Wildman–Crippen LogP) is 0.113. The lowest BCUT2D eigenvalue weighted by Crippen LogP contribution is -2.12. The van der Waals surface area contributed by atoms with Crippen LogP contribution in [0.3, 0.4) is 0 Å². The van der Waals surface area contributed by atoms with Crippen LogP contribution in [0.1, 0.15) is 37.6 Å². The van der Waals surface area contributed by atoms with E-state index in [9.17, 15) is 5.11 Å². The number of hydrogen-bond acceptors (Lipinski definition) is 5. The molecular weight excluding hydrogens is 170 g/mol. The largest absolute Gasteiger partial charge is 0.382 e. The molecule has 0 aliphatic heterocycles. The first kappa shape index (κ1) is 8.65. The van der Waals surface area contributed by atoms with Crippen molar-refractivity contribution in [2.24, 2.45) is 5.73 Å². The minimum absolute atomic E-state index is 0.0794. The molecule has 1 aliphatic rings. The van der Waals surface area contributed by atoms with Crippen LogP contribution < -0.4 is 5.73 Å². The molecule has 3 N–H and O–H groups in total.